The van der Waals surface area contributed by atoms with Crippen molar-refractivity contribution in [3.63, 3.8) is 0 Å². The molecular weight excluding hydrogens is 382 g/mol. The van der Waals surface area contributed by atoms with Crippen LogP contribution in [-0.4, -0.2) is 26.4 Å². The Morgan fingerprint density at radius 3 is 2.79 bits per heavy atom. The fourth-order valence-corrected chi connectivity index (χ4v) is 5.40. The molecule has 4 rings (SSSR count). The zero-order valence-corrected chi connectivity index (χ0v) is 18.0. The molecule has 0 saturated carbocycles. The van der Waals surface area contributed by atoms with Crippen LogP contribution < -0.4 is 5.56 Å². The Bertz CT molecular complexity index is 1080. The number of nitrogens with zero attached hydrogens (tertiary/aromatic N) is 3. The lowest BCUT2D eigenvalue weighted by Crippen LogP contribution is -2.40. The van der Waals surface area contributed by atoms with E-state index in [-0.39, 0.29) is 24.1 Å². The molecule has 0 spiro atoms. The summed E-state index contributed by atoms with van der Waals surface area (Å²) in [5.74, 6) is 0.585. The van der Waals surface area contributed by atoms with Crippen molar-refractivity contribution in [1.82, 2.24) is 14.5 Å². The monoisotopic (exact) mass is 409 g/mol. The van der Waals surface area contributed by atoms with Crippen LogP contribution in [-0.2, 0) is 30.7 Å². The molecule has 1 atom stereocenters. The molecule has 0 bridgehead atoms. The molecular formula is C23H27N3O2S. The Morgan fingerprint density at radius 1 is 1.31 bits per heavy atom. The van der Waals surface area contributed by atoms with Gasteiger partial charge < -0.3 is 4.90 Å². The number of fused-ring (bicyclic) bond motifs is 3. The van der Waals surface area contributed by atoms with Crippen LogP contribution in [0.5, 0.6) is 0 Å². The molecule has 3 aromatic rings. The van der Waals surface area contributed by atoms with Gasteiger partial charge in [-0.1, -0.05) is 37.3 Å². The second kappa shape index (κ2) is 8.11. The van der Waals surface area contributed by atoms with Gasteiger partial charge in [0.1, 0.15) is 11.4 Å². The highest BCUT2D eigenvalue weighted by atomic mass is 32.1. The number of hydrogen-bond donors (Lipinski definition) is 0. The molecule has 152 valence electrons. The van der Waals surface area contributed by atoms with E-state index in [9.17, 15) is 9.59 Å². The van der Waals surface area contributed by atoms with Crippen LogP contribution in [0.2, 0.25) is 0 Å². The summed E-state index contributed by atoms with van der Waals surface area (Å²) in [6.45, 7) is 6.81. The first-order valence-electron chi connectivity index (χ1n) is 10.3. The number of rotatable bonds is 5. The van der Waals surface area contributed by atoms with E-state index in [0.29, 0.717) is 12.5 Å². The minimum Gasteiger partial charge on any atom is -0.334 e. The topological polar surface area (TPSA) is 55.2 Å². The van der Waals surface area contributed by atoms with Crippen LogP contribution in [0.25, 0.3) is 10.2 Å². The molecule has 1 amide bonds. The van der Waals surface area contributed by atoms with Crippen LogP contribution in [0.15, 0.2) is 41.5 Å². The summed E-state index contributed by atoms with van der Waals surface area (Å²) in [5.41, 5.74) is 2.16. The third-order valence-corrected chi connectivity index (χ3v) is 6.89. The minimum absolute atomic E-state index is 0.0216. The van der Waals surface area contributed by atoms with Crippen molar-refractivity contribution in [3.8, 4) is 0 Å². The largest absolute Gasteiger partial charge is 0.334 e. The summed E-state index contributed by atoms with van der Waals surface area (Å²) >= 11 is 1.64. The molecule has 0 saturated heterocycles. The van der Waals surface area contributed by atoms with Crippen LogP contribution in [0, 0.1) is 5.92 Å². The van der Waals surface area contributed by atoms with Crippen molar-refractivity contribution >= 4 is 27.5 Å². The van der Waals surface area contributed by atoms with Gasteiger partial charge in [0.2, 0.25) is 5.91 Å². The lowest BCUT2D eigenvalue weighted by Gasteiger charge is -2.27. The Balaban J connectivity index is 1.62. The zero-order valence-electron chi connectivity index (χ0n) is 17.2. The lowest BCUT2D eigenvalue weighted by molar-refractivity contribution is -0.134. The van der Waals surface area contributed by atoms with Gasteiger partial charge in [-0.25, -0.2) is 4.98 Å². The summed E-state index contributed by atoms with van der Waals surface area (Å²) < 4.78 is 1.48. The molecule has 6 heteroatoms. The van der Waals surface area contributed by atoms with Crippen LogP contribution in [0.3, 0.4) is 0 Å². The maximum atomic E-state index is 13.2. The molecule has 1 aromatic carbocycles. The molecule has 1 aliphatic carbocycles. The van der Waals surface area contributed by atoms with Crippen molar-refractivity contribution in [2.24, 2.45) is 5.92 Å². The molecule has 0 radical (unpaired) electrons. The number of thiophene rings is 1. The van der Waals surface area contributed by atoms with Gasteiger partial charge in [-0.2, -0.15) is 0 Å². The molecule has 2 aromatic heterocycles. The Labute approximate surface area is 175 Å². The number of aromatic nitrogens is 2. The van der Waals surface area contributed by atoms with Crippen molar-refractivity contribution < 1.29 is 4.79 Å². The second-order valence-corrected chi connectivity index (χ2v) is 9.39. The number of carbonyl (C=O) groups excluding carboxylic acids is 1. The predicted molar refractivity (Wildman–Crippen MR) is 117 cm³/mol. The first kappa shape index (κ1) is 19.8. The van der Waals surface area contributed by atoms with Crippen molar-refractivity contribution in [1.29, 1.82) is 0 Å². The number of benzene rings is 1. The normalized spacial score (nSPS) is 16.2. The molecule has 1 unspecified atom stereocenters. The van der Waals surface area contributed by atoms with Gasteiger partial charge in [0.25, 0.3) is 5.56 Å². The van der Waals surface area contributed by atoms with Gasteiger partial charge in [-0.3, -0.25) is 14.2 Å². The summed E-state index contributed by atoms with van der Waals surface area (Å²) in [6.07, 6.45) is 4.59. The summed E-state index contributed by atoms with van der Waals surface area (Å²) in [7, 11) is 0. The van der Waals surface area contributed by atoms with Crippen LogP contribution in [0.1, 0.15) is 43.2 Å². The standard InChI is InChI=1S/C23H27N3O2S/c1-15(2)26(12-17-7-5-4-6-8-17)20(27)13-25-14-24-22-21(23(25)28)18-10-9-16(3)11-19(18)29-22/h4-8,14-16H,9-13H2,1-3H3. The first-order valence-corrected chi connectivity index (χ1v) is 11.1. The van der Waals surface area contributed by atoms with Gasteiger partial charge >= 0.3 is 0 Å². The van der Waals surface area contributed by atoms with E-state index in [1.165, 1.54) is 15.8 Å². The average Bonchev–Trinajstić information content (AvgIpc) is 3.07. The fraction of sp³-hybridized carbons (Fsp3) is 0.435. The van der Waals surface area contributed by atoms with Crippen molar-refractivity contribution in [2.45, 2.75) is 59.2 Å². The molecule has 0 N–H and O–H groups in total. The molecule has 0 fully saturated rings. The van der Waals surface area contributed by atoms with E-state index in [1.54, 1.807) is 11.3 Å². The van der Waals surface area contributed by atoms with E-state index >= 15 is 0 Å². The van der Waals surface area contributed by atoms with E-state index < -0.39 is 0 Å². The van der Waals surface area contributed by atoms with E-state index in [4.69, 9.17) is 0 Å². The van der Waals surface area contributed by atoms with E-state index in [0.717, 1.165) is 40.6 Å². The molecule has 5 nitrogen and oxygen atoms in total. The summed E-state index contributed by atoms with van der Waals surface area (Å²) in [6, 6.07) is 9.99. The lowest BCUT2D eigenvalue weighted by atomic mass is 9.89. The highest BCUT2D eigenvalue weighted by Gasteiger charge is 2.24. The SMILES string of the molecule is CC1CCc2c(sc3ncn(CC(=O)N(Cc4ccccc4)C(C)C)c(=O)c23)C1. The van der Waals surface area contributed by atoms with Gasteiger partial charge in [0.05, 0.1) is 11.7 Å². The fourth-order valence-electron chi connectivity index (χ4n) is 4.05. The highest BCUT2D eigenvalue weighted by Crippen LogP contribution is 2.35. The molecule has 0 aliphatic heterocycles. The van der Waals surface area contributed by atoms with Gasteiger partial charge in [0, 0.05) is 17.5 Å². The van der Waals surface area contributed by atoms with Crippen LogP contribution >= 0.6 is 11.3 Å². The van der Waals surface area contributed by atoms with Gasteiger partial charge in [-0.15, -0.1) is 11.3 Å². The molecule has 29 heavy (non-hydrogen) atoms. The van der Waals surface area contributed by atoms with Crippen molar-refractivity contribution in [2.75, 3.05) is 0 Å². The van der Waals surface area contributed by atoms with E-state index in [2.05, 4.69) is 11.9 Å². The maximum absolute atomic E-state index is 13.2. The zero-order chi connectivity index (χ0) is 20.5. The number of carbonyl (C=O) groups is 1. The highest BCUT2D eigenvalue weighted by molar-refractivity contribution is 7.18. The van der Waals surface area contributed by atoms with Crippen LogP contribution in [0.4, 0.5) is 0 Å². The molecule has 2 heterocycles. The Hall–Kier alpha value is -2.47. The summed E-state index contributed by atoms with van der Waals surface area (Å²) in [4.78, 5) is 34.7. The quantitative estimate of drug-likeness (QED) is 0.640. The van der Waals surface area contributed by atoms with Crippen molar-refractivity contribution in [3.05, 3.63) is 63.0 Å². The third-order valence-electron chi connectivity index (χ3n) is 5.73. The van der Waals surface area contributed by atoms with E-state index in [1.807, 2.05) is 49.1 Å². The maximum Gasteiger partial charge on any atom is 0.262 e. The number of hydrogen-bond acceptors (Lipinski definition) is 4. The Morgan fingerprint density at radius 2 is 2.07 bits per heavy atom. The summed E-state index contributed by atoms with van der Waals surface area (Å²) in [5, 5.41) is 0.728. The third kappa shape index (κ3) is 3.99. The predicted octanol–water partition coefficient (Wildman–Crippen LogP) is 4.02. The number of amides is 1. The smallest absolute Gasteiger partial charge is 0.262 e. The first-order chi connectivity index (χ1) is 13.9. The average molecular weight is 410 g/mol. The molecule has 1 aliphatic rings. The number of aryl methyl sites for hydroxylation is 1. The minimum atomic E-state index is -0.0844. The van der Waals surface area contributed by atoms with Gasteiger partial charge in [0.15, 0.2) is 0 Å². The second-order valence-electron chi connectivity index (χ2n) is 8.31. The van der Waals surface area contributed by atoms with Gasteiger partial charge in [-0.05, 0) is 50.2 Å². The Kier molecular flexibility index (Phi) is 5.54.